The first kappa shape index (κ1) is 8.32. The van der Waals surface area contributed by atoms with Crippen molar-refractivity contribution in [2.45, 2.75) is 13.0 Å². The maximum atomic E-state index is 5.37. The lowest BCUT2D eigenvalue weighted by atomic mass is 10.4. The third kappa shape index (κ3) is 1.95. The molecule has 1 aromatic heterocycles. The van der Waals surface area contributed by atoms with E-state index in [1.807, 2.05) is 0 Å². The van der Waals surface area contributed by atoms with E-state index < -0.39 is 0 Å². The van der Waals surface area contributed by atoms with E-state index in [0.717, 1.165) is 0 Å². The Hall–Kier alpha value is -0.680. The molecule has 1 heterocycles. The van der Waals surface area contributed by atoms with E-state index in [-0.39, 0.29) is 18.4 Å². The highest BCUT2D eigenvalue weighted by Crippen LogP contribution is 1.95. The Morgan fingerprint density at radius 1 is 1.67 bits per heavy atom. The van der Waals surface area contributed by atoms with Gasteiger partial charge < -0.3 is 5.73 Å². The Morgan fingerprint density at radius 2 is 2.33 bits per heavy atom. The molecule has 3 N–H and O–H groups in total. The van der Waals surface area contributed by atoms with Crippen LogP contribution >= 0.6 is 12.4 Å². The Balaban J connectivity index is 0.000000640. The second-order valence-electron chi connectivity index (χ2n) is 1.56. The number of nitrogens with two attached hydrogens (primary N) is 1. The van der Waals surface area contributed by atoms with E-state index in [2.05, 4.69) is 20.6 Å². The molecule has 1 rings (SSSR count). The molecule has 0 bridgehead atoms. The minimum Gasteiger partial charge on any atom is -0.321 e. The third-order valence-electron chi connectivity index (χ3n) is 0.769. The first-order valence-electron chi connectivity index (χ1n) is 2.29. The van der Waals surface area contributed by atoms with Crippen molar-refractivity contribution in [3.63, 3.8) is 0 Å². The average Bonchev–Trinajstić information content (AvgIpc) is 2.12. The first-order valence-corrected chi connectivity index (χ1v) is 2.29. The van der Waals surface area contributed by atoms with E-state index >= 15 is 0 Å². The second kappa shape index (κ2) is 3.37. The fourth-order valence-electron chi connectivity index (χ4n) is 0.362. The molecule has 1 aromatic rings. The highest BCUT2D eigenvalue weighted by Gasteiger charge is 2.01. The van der Waals surface area contributed by atoms with E-state index in [9.17, 15) is 0 Å². The molecule has 0 aromatic carbocycles. The summed E-state index contributed by atoms with van der Waals surface area (Å²) in [5.74, 6) is 0.546. The minimum atomic E-state index is -0.131. The Kier molecular flexibility index (Phi) is 3.11. The van der Waals surface area contributed by atoms with Crippen LogP contribution in [0, 0.1) is 0 Å². The number of nitrogens with zero attached hydrogens (tertiary/aromatic N) is 3. The lowest BCUT2D eigenvalue weighted by Gasteiger charge is -1.91. The van der Waals surface area contributed by atoms with Crippen LogP contribution in [0.5, 0.6) is 0 Å². The maximum Gasteiger partial charge on any atom is 0.190 e. The van der Waals surface area contributed by atoms with E-state index in [4.69, 9.17) is 5.73 Å². The number of nitrogens with one attached hydrogen (secondary N) is 1. The molecule has 52 valence electrons. The molecule has 0 saturated carbocycles. The first-order chi connectivity index (χ1) is 3.80. The van der Waals surface area contributed by atoms with E-state index in [0.29, 0.717) is 5.82 Å². The van der Waals surface area contributed by atoms with Crippen LogP contribution in [0.15, 0.2) is 0 Å². The zero-order valence-corrected chi connectivity index (χ0v) is 5.72. The summed E-state index contributed by atoms with van der Waals surface area (Å²) in [4.78, 5) is 0. The molecule has 0 radical (unpaired) electrons. The predicted octanol–water partition coefficient (Wildman–Crippen LogP) is -0.359. The molecule has 0 aliphatic rings. The molecule has 6 heteroatoms. The smallest absolute Gasteiger partial charge is 0.190 e. The number of halogens is 1. The molecule has 1 atom stereocenters. The fourth-order valence-corrected chi connectivity index (χ4v) is 0.362. The molecule has 0 spiro atoms. The van der Waals surface area contributed by atoms with Gasteiger partial charge >= 0.3 is 0 Å². The van der Waals surface area contributed by atoms with Gasteiger partial charge in [0.1, 0.15) is 0 Å². The Bertz CT molecular complexity index is 147. The molecule has 0 saturated heterocycles. The lowest BCUT2D eigenvalue weighted by Crippen LogP contribution is -2.06. The number of H-pyrrole nitrogens is 1. The summed E-state index contributed by atoms with van der Waals surface area (Å²) in [6.07, 6.45) is 0. The molecule has 1 unspecified atom stereocenters. The van der Waals surface area contributed by atoms with Gasteiger partial charge in [-0.3, -0.25) is 0 Å². The van der Waals surface area contributed by atoms with Gasteiger partial charge in [0.05, 0.1) is 6.04 Å². The molecule has 0 fully saturated rings. The summed E-state index contributed by atoms with van der Waals surface area (Å²) in [5.41, 5.74) is 5.37. The fraction of sp³-hybridized carbons (Fsp3) is 0.667. The summed E-state index contributed by atoms with van der Waals surface area (Å²) in [6.45, 7) is 1.80. The van der Waals surface area contributed by atoms with Crippen molar-refractivity contribution in [3.05, 3.63) is 5.82 Å². The highest BCUT2D eigenvalue weighted by molar-refractivity contribution is 5.85. The molecule has 0 amide bonds. The summed E-state index contributed by atoms with van der Waals surface area (Å²) in [7, 11) is 0. The average molecular weight is 150 g/mol. The van der Waals surface area contributed by atoms with Crippen molar-refractivity contribution in [1.82, 2.24) is 20.6 Å². The van der Waals surface area contributed by atoms with Gasteiger partial charge in [0.2, 0.25) is 0 Å². The predicted molar refractivity (Wildman–Crippen MR) is 34.0 cm³/mol. The van der Waals surface area contributed by atoms with Crippen LogP contribution in [-0.2, 0) is 0 Å². The lowest BCUT2D eigenvalue weighted by molar-refractivity contribution is 0.742. The summed E-state index contributed by atoms with van der Waals surface area (Å²) >= 11 is 0. The largest absolute Gasteiger partial charge is 0.321 e. The van der Waals surface area contributed by atoms with Crippen molar-refractivity contribution in [1.29, 1.82) is 0 Å². The van der Waals surface area contributed by atoms with Crippen molar-refractivity contribution in [2.75, 3.05) is 0 Å². The topological polar surface area (TPSA) is 80.5 Å². The van der Waals surface area contributed by atoms with Gasteiger partial charge in [-0.05, 0) is 6.92 Å². The van der Waals surface area contributed by atoms with Crippen molar-refractivity contribution >= 4 is 12.4 Å². The normalized spacial score (nSPS) is 12.2. The molecular formula is C3H8ClN5. The zero-order chi connectivity index (χ0) is 5.98. The number of aromatic nitrogens is 4. The molecular weight excluding hydrogens is 142 g/mol. The van der Waals surface area contributed by atoms with E-state index in [1.54, 1.807) is 6.92 Å². The van der Waals surface area contributed by atoms with Crippen LogP contribution in [0.1, 0.15) is 18.8 Å². The van der Waals surface area contributed by atoms with Gasteiger partial charge in [-0.2, -0.15) is 5.21 Å². The van der Waals surface area contributed by atoms with E-state index in [1.165, 1.54) is 0 Å². The number of aromatic amines is 1. The van der Waals surface area contributed by atoms with Crippen LogP contribution in [0.25, 0.3) is 0 Å². The van der Waals surface area contributed by atoms with Crippen LogP contribution in [0.2, 0.25) is 0 Å². The van der Waals surface area contributed by atoms with Gasteiger partial charge in [0.15, 0.2) is 5.82 Å². The third-order valence-corrected chi connectivity index (χ3v) is 0.769. The standard InChI is InChI=1S/C3H7N5.ClH/c1-2(4)3-5-7-8-6-3;/h2H,4H2,1H3,(H,5,6,7,8);1H. The summed E-state index contributed by atoms with van der Waals surface area (Å²) < 4.78 is 0. The molecule has 9 heavy (non-hydrogen) atoms. The second-order valence-corrected chi connectivity index (χ2v) is 1.56. The number of tetrazole rings is 1. The SMILES string of the molecule is CC(N)c1nn[nH]n1.Cl. The highest BCUT2D eigenvalue weighted by atomic mass is 35.5. The maximum absolute atomic E-state index is 5.37. The van der Waals surface area contributed by atoms with Crippen LogP contribution in [0.3, 0.4) is 0 Å². The van der Waals surface area contributed by atoms with Gasteiger partial charge in [-0.15, -0.1) is 22.6 Å². The molecule has 5 nitrogen and oxygen atoms in total. The molecule has 0 aliphatic heterocycles. The Labute approximate surface area is 58.4 Å². The minimum absolute atomic E-state index is 0. The monoisotopic (exact) mass is 149 g/mol. The van der Waals surface area contributed by atoms with Gasteiger partial charge in [-0.25, -0.2) is 0 Å². The van der Waals surface area contributed by atoms with Crippen molar-refractivity contribution in [3.8, 4) is 0 Å². The number of rotatable bonds is 1. The number of hydrogen-bond acceptors (Lipinski definition) is 4. The zero-order valence-electron chi connectivity index (χ0n) is 4.90. The van der Waals surface area contributed by atoms with Crippen LogP contribution < -0.4 is 5.73 Å². The summed E-state index contributed by atoms with van der Waals surface area (Å²) in [6, 6.07) is -0.131. The van der Waals surface area contributed by atoms with Gasteiger partial charge in [0.25, 0.3) is 0 Å². The summed E-state index contributed by atoms with van der Waals surface area (Å²) in [5, 5.41) is 12.9. The van der Waals surface area contributed by atoms with Crippen molar-refractivity contribution < 1.29 is 0 Å². The quantitative estimate of drug-likeness (QED) is 0.572. The van der Waals surface area contributed by atoms with Crippen LogP contribution in [0.4, 0.5) is 0 Å². The van der Waals surface area contributed by atoms with Gasteiger partial charge in [-0.1, -0.05) is 5.21 Å². The molecule has 0 aliphatic carbocycles. The van der Waals surface area contributed by atoms with Crippen LogP contribution in [-0.4, -0.2) is 20.6 Å². The van der Waals surface area contributed by atoms with Crippen molar-refractivity contribution in [2.24, 2.45) is 5.73 Å². The Morgan fingerprint density at radius 3 is 2.56 bits per heavy atom. The van der Waals surface area contributed by atoms with Gasteiger partial charge in [0, 0.05) is 0 Å². The number of hydrogen-bond donors (Lipinski definition) is 2.